The molecule has 3 heterocycles. The van der Waals surface area contributed by atoms with Crippen LogP contribution in [0, 0.1) is 0 Å². The van der Waals surface area contributed by atoms with E-state index in [1.165, 1.54) is 11.3 Å². The van der Waals surface area contributed by atoms with E-state index in [2.05, 4.69) is 52.9 Å². The molecule has 0 saturated carbocycles. The number of para-hydroxylation sites is 1. The van der Waals surface area contributed by atoms with Crippen LogP contribution in [0.15, 0.2) is 47.3 Å². The summed E-state index contributed by atoms with van der Waals surface area (Å²) in [6.45, 7) is 8.31. The number of aromatic amines is 1. The molecule has 2 aliphatic rings. The van der Waals surface area contributed by atoms with Gasteiger partial charge in [-0.25, -0.2) is 4.79 Å². The quantitative estimate of drug-likeness (QED) is 0.540. The van der Waals surface area contributed by atoms with Crippen molar-refractivity contribution >= 4 is 28.3 Å². The summed E-state index contributed by atoms with van der Waals surface area (Å²) in [5.74, 6) is 0. The fraction of sp³-hybridized carbons (Fsp3) is 0.500. The number of imidazole rings is 1. The number of H-pyrrole nitrogens is 1. The zero-order valence-corrected chi connectivity index (χ0v) is 20.2. The van der Waals surface area contributed by atoms with Crippen LogP contribution < -0.4 is 10.6 Å². The van der Waals surface area contributed by atoms with Crippen molar-refractivity contribution in [2.75, 3.05) is 31.1 Å². The Balaban J connectivity index is 1.17. The molecule has 2 aliphatic heterocycles. The van der Waals surface area contributed by atoms with E-state index < -0.39 is 0 Å². The van der Waals surface area contributed by atoms with Gasteiger partial charge < -0.3 is 19.5 Å². The Morgan fingerprint density at radius 1 is 1.12 bits per heavy atom. The summed E-state index contributed by atoms with van der Waals surface area (Å²) in [4.78, 5) is 20.5. The third kappa shape index (κ3) is 4.70. The highest BCUT2D eigenvalue weighted by molar-refractivity contribution is 6.31. The van der Waals surface area contributed by atoms with Crippen LogP contribution in [0.4, 0.5) is 5.69 Å². The molecule has 1 fully saturated rings. The molecule has 0 bridgehead atoms. The molecular formula is C26H33ClN4O2. The molecule has 0 aliphatic carbocycles. The number of hydrogen-bond donors (Lipinski definition) is 1. The summed E-state index contributed by atoms with van der Waals surface area (Å²) in [6.07, 6.45) is 4.39. The Kier molecular flexibility index (Phi) is 6.50. The van der Waals surface area contributed by atoms with Gasteiger partial charge in [0.15, 0.2) is 0 Å². The Bertz CT molecular complexity index is 1160. The maximum absolute atomic E-state index is 12.6. The molecule has 1 N–H and O–H groups in total. The lowest BCUT2D eigenvalue weighted by Gasteiger charge is -2.34. The number of benzene rings is 2. The highest BCUT2D eigenvalue weighted by Gasteiger charge is 2.30. The van der Waals surface area contributed by atoms with Gasteiger partial charge in [-0.15, -0.1) is 0 Å². The number of ether oxygens (including phenoxy) is 1. The lowest BCUT2D eigenvalue weighted by molar-refractivity contribution is 0.0112. The van der Waals surface area contributed by atoms with Crippen LogP contribution >= 0.6 is 11.6 Å². The number of halogens is 1. The van der Waals surface area contributed by atoms with Crippen molar-refractivity contribution in [3.8, 4) is 0 Å². The maximum atomic E-state index is 12.6. The molecule has 5 rings (SSSR count). The summed E-state index contributed by atoms with van der Waals surface area (Å²) >= 11 is 6.09. The van der Waals surface area contributed by atoms with Crippen LogP contribution in [0.25, 0.3) is 11.0 Å². The monoisotopic (exact) mass is 468 g/mol. The summed E-state index contributed by atoms with van der Waals surface area (Å²) in [5, 5.41) is 0.646. The van der Waals surface area contributed by atoms with Gasteiger partial charge in [0, 0.05) is 42.8 Å². The number of rotatable bonds is 7. The average molecular weight is 469 g/mol. The van der Waals surface area contributed by atoms with Gasteiger partial charge >= 0.3 is 5.69 Å². The molecule has 6 nitrogen and oxygen atoms in total. The highest BCUT2D eigenvalue weighted by Crippen LogP contribution is 2.33. The van der Waals surface area contributed by atoms with Gasteiger partial charge in [-0.1, -0.05) is 29.8 Å². The van der Waals surface area contributed by atoms with Gasteiger partial charge in [0.1, 0.15) is 6.23 Å². The number of anilines is 1. The van der Waals surface area contributed by atoms with Crippen LogP contribution in [0.5, 0.6) is 0 Å². The topological polar surface area (TPSA) is 53.5 Å². The standard InChI is InChI=1S/C26H33ClN4O2/c1-18(2)33-25-16-19-6-3-4-7-23(19)30(25)13-5-12-29-14-10-21(11-15-29)31-24-9-8-20(27)17-22(24)28-26(31)32/h3-4,6-9,17-18,21,25H,5,10-16H2,1-2H3,(H,28,32). The molecule has 1 aromatic heterocycles. The van der Waals surface area contributed by atoms with Crippen LogP contribution in [0.3, 0.4) is 0 Å². The number of piperidine rings is 1. The van der Waals surface area contributed by atoms with Crippen molar-refractivity contribution in [2.45, 2.75) is 57.9 Å². The smallest absolute Gasteiger partial charge is 0.326 e. The van der Waals surface area contributed by atoms with Gasteiger partial charge in [0.05, 0.1) is 17.1 Å². The van der Waals surface area contributed by atoms with Crippen molar-refractivity contribution in [2.24, 2.45) is 0 Å². The fourth-order valence-corrected chi connectivity index (χ4v) is 5.62. The second-order valence-electron chi connectivity index (χ2n) is 9.55. The second-order valence-corrected chi connectivity index (χ2v) is 9.99. The minimum atomic E-state index is -0.0328. The van der Waals surface area contributed by atoms with Crippen molar-refractivity contribution < 1.29 is 4.74 Å². The maximum Gasteiger partial charge on any atom is 0.326 e. The molecule has 0 amide bonds. The largest absolute Gasteiger partial charge is 0.355 e. The van der Waals surface area contributed by atoms with Crippen LogP contribution in [-0.4, -0.2) is 53.0 Å². The number of nitrogens with one attached hydrogen (secondary N) is 1. The van der Waals surface area contributed by atoms with E-state index in [-0.39, 0.29) is 24.1 Å². The summed E-state index contributed by atoms with van der Waals surface area (Å²) in [5.41, 5.74) is 4.44. The molecule has 1 saturated heterocycles. The molecule has 3 aromatic rings. The minimum absolute atomic E-state index is 0.0328. The van der Waals surface area contributed by atoms with E-state index in [1.54, 1.807) is 0 Å². The first-order valence-corrected chi connectivity index (χ1v) is 12.5. The van der Waals surface area contributed by atoms with Crippen molar-refractivity contribution in [3.05, 3.63) is 63.5 Å². The number of nitrogens with zero attached hydrogens (tertiary/aromatic N) is 3. The van der Waals surface area contributed by atoms with Gasteiger partial charge in [-0.3, -0.25) is 4.57 Å². The van der Waals surface area contributed by atoms with Crippen LogP contribution in [0.1, 0.15) is 44.7 Å². The van der Waals surface area contributed by atoms with Crippen molar-refractivity contribution in [1.29, 1.82) is 0 Å². The first-order valence-electron chi connectivity index (χ1n) is 12.1. The van der Waals surface area contributed by atoms with Crippen molar-refractivity contribution in [3.63, 3.8) is 0 Å². The van der Waals surface area contributed by atoms with Gasteiger partial charge in [0.2, 0.25) is 0 Å². The van der Waals surface area contributed by atoms with Gasteiger partial charge in [-0.05, 0) is 69.5 Å². The fourth-order valence-electron chi connectivity index (χ4n) is 5.45. The first-order chi connectivity index (χ1) is 16.0. The molecule has 0 spiro atoms. The zero-order valence-electron chi connectivity index (χ0n) is 19.5. The Labute approximate surface area is 200 Å². The van der Waals surface area contributed by atoms with E-state index in [9.17, 15) is 4.79 Å². The van der Waals surface area contributed by atoms with Crippen LogP contribution in [0.2, 0.25) is 5.02 Å². The number of aromatic nitrogens is 2. The molecule has 176 valence electrons. The average Bonchev–Trinajstić information content (AvgIpc) is 3.30. The number of fused-ring (bicyclic) bond motifs is 2. The summed E-state index contributed by atoms with van der Waals surface area (Å²) in [6, 6.07) is 14.5. The number of likely N-dealkylation sites (tertiary alicyclic amines) is 1. The Morgan fingerprint density at radius 3 is 2.70 bits per heavy atom. The molecule has 33 heavy (non-hydrogen) atoms. The van der Waals surface area contributed by atoms with Crippen molar-refractivity contribution in [1.82, 2.24) is 14.5 Å². The van der Waals surface area contributed by atoms with E-state index in [1.807, 2.05) is 22.8 Å². The summed E-state index contributed by atoms with van der Waals surface area (Å²) < 4.78 is 8.16. The van der Waals surface area contributed by atoms with Gasteiger partial charge in [0.25, 0.3) is 0 Å². The lowest BCUT2D eigenvalue weighted by atomic mass is 10.0. The molecule has 2 aromatic carbocycles. The third-order valence-electron chi connectivity index (χ3n) is 6.95. The molecule has 0 radical (unpaired) electrons. The molecule has 1 unspecified atom stereocenters. The Morgan fingerprint density at radius 2 is 1.91 bits per heavy atom. The van der Waals surface area contributed by atoms with E-state index in [0.29, 0.717) is 5.02 Å². The highest BCUT2D eigenvalue weighted by atomic mass is 35.5. The predicted molar refractivity (Wildman–Crippen MR) is 134 cm³/mol. The molecule has 1 atom stereocenters. The predicted octanol–water partition coefficient (Wildman–Crippen LogP) is 4.82. The Hall–Kier alpha value is -2.28. The second kappa shape index (κ2) is 9.53. The first kappa shape index (κ1) is 22.5. The van der Waals surface area contributed by atoms with E-state index in [4.69, 9.17) is 16.3 Å². The molecule has 7 heteroatoms. The third-order valence-corrected chi connectivity index (χ3v) is 7.18. The van der Waals surface area contributed by atoms with E-state index >= 15 is 0 Å². The van der Waals surface area contributed by atoms with E-state index in [0.717, 1.165) is 62.9 Å². The minimum Gasteiger partial charge on any atom is -0.355 e. The van der Waals surface area contributed by atoms with Gasteiger partial charge in [-0.2, -0.15) is 0 Å². The summed E-state index contributed by atoms with van der Waals surface area (Å²) in [7, 11) is 0. The van der Waals surface area contributed by atoms with Crippen LogP contribution in [-0.2, 0) is 11.2 Å². The molecular weight excluding hydrogens is 436 g/mol. The lowest BCUT2D eigenvalue weighted by Crippen LogP contribution is -2.40. The normalized spacial score (nSPS) is 19.6. The zero-order chi connectivity index (χ0) is 22.9. The number of hydrogen-bond acceptors (Lipinski definition) is 4. The SMILES string of the molecule is CC(C)OC1Cc2ccccc2N1CCCN1CCC(n2c(=O)[nH]c3cc(Cl)ccc32)CC1.